The van der Waals surface area contributed by atoms with E-state index < -0.39 is 5.54 Å². The predicted molar refractivity (Wildman–Crippen MR) is 77.9 cm³/mol. The van der Waals surface area contributed by atoms with Crippen molar-refractivity contribution in [3.63, 3.8) is 0 Å². The van der Waals surface area contributed by atoms with Crippen molar-refractivity contribution in [2.24, 2.45) is 0 Å². The molecule has 0 bridgehead atoms. The van der Waals surface area contributed by atoms with Crippen LogP contribution in [0.2, 0.25) is 0 Å². The maximum atomic E-state index is 12.2. The van der Waals surface area contributed by atoms with E-state index in [0.29, 0.717) is 5.56 Å². The van der Waals surface area contributed by atoms with E-state index >= 15 is 0 Å². The van der Waals surface area contributed by atoms with Gasteiger partial charge in [-0.05, 0) is 63.4 Å². The number of aryl methyl sites for hydroxylation is 2. The lowest BCUT2D eigenvalue weighted by molar-refractivity contribution is -0.121. The van der Waals surface area contributed by atoms with E-state index in [-0.39, 0.29) is 17.6 Å². The molecule has 0 aliphatic rings. The average molecular weight is 282 g/mol. The summed E-state index contributed by atoms with van der Waals surface area (Å²) < 4.78 is 0. The van der Waals surface area contributed by atoms with E-state index in [2.05, 4.69) is 5.32 Å². The summed E-state index contributed by atoms with van der Waals surface area (Å²) in [6.07, 6.45) is 0. The minimum Gasteiger partial charge on any atom is -0.340 e. The Morgan fingerprint density at radius 2 is 1.63 bits per heavy atom. The number of alkyl halides is 1. The Hall–Kier alpha value is -1.35. The fraction of sp³-hybridized carbons (Fsp3) is 0.467. The molecule has 0 atom stereocenters. The van der Waals surface area contributed by atoms with E-state index in [1.165, 1.54) is 5.56 Å². The highest BCUT2D eigenvalue weighted by atomic mass is 35.5. The Labute approximate surface area is 119 Å². The summed E-state index contributed by atoms with van der Waals surface area (Å²) in [6.45, 7) is 9.27. The van der Waals surface area contributed by atoms with Gasteiger partial charge in [-0.15, -0.1) is 11.6 Å². The molecule has 0 aliphatic heterocycles. The number of nitrogens with one attached hydrogen (secondary N) is 1. The maximum absolute atomic E-state index is 12.2. The molecule has 4 heteroatoms. The number of hydrogen-bond donors (Lipinski definition) is 1. The number of carbonyl (C=O) groups excluding carboxylic acids is 2. The number of Topliss-reactive ketones (excluding diaryl/α,β-unsaturated/α-hetero) is 1. The highest BCUT2D eigenvalue weighted by molar-refractivity contribution is 6.29. The number of ketones is 1. The van der Waals surface area contributed by atoms with Crippen LogP contribution in [0.3, 0.4) is 0 Å². The van der Waals surface area contributed by atoms with Crippen molar-refractivity contribution in [2.75, 3.05) is 5.88 Å². The molecule has 0 fully saturated rings. The maximum Gasteiger partial charge on any atom is 0.252 e. The largest absolute Gasteiger partial charge is 0.340 e. The number of carbonyl (C=O) groups is 2. The Kier molecular flexibility index (Phi) is 4.75. The van der Waals surface area contributed by atoms with Gasteiger partial charge in [0.25, 0.3) is 5.91 Å². The fourth-order valence-electron chi connectivity index (χ4n) is 1.76. The first-order chi connectivity index (χ1) is 8.69. The normalized spacial score (nSPS) is 11.3. The molecule has 0 saturated carbocycles. The van der Waals surface area contributed by atoms with Gasteiger partial charge in [-0.1, -0.05) is 0 Å². The summed E-state index contributed by atoms with van der Waals surface area (Å²) in [7, 11) is 0. The molecular formula is C15H20ClNO2. The highest BCUT2D eigenvalue weighted by Gasteiger charge is 2.28. The monoisotopic (exact) mass is 281 g/mol. The van der Waals surface area contributed by atoms with Crippen molar-refractivity contribution < 1.29 is 9.59 Å². The quantitative estimate of drug-likeness (QED) is 0.863. The van der Waals surface area contributed by atoms with Crippen molar-refractivity contribution in [1.82, 2.24) is 5.32 Å². The lowest BCUT2D eigenvalue weighted by atomic mass is 9.97. The third-order valence-corrected chi connectivity index (χ3v) is 3.68. The molecule has 1 amide bonds. The van der Waals surface area contributed by atoms with Crippen LogP contribution in [0.1, 0.15) is 40.9 Å². The van der Waals surface area contributed by atoms with Crippen LogP contribution in [0.4, 0.5) is 0 Å². The number of benzene rings is 1. The standard InChI is InChI=1S/C15H20ClNO2/c1-9-6-12(7-10(2)11(9)3)14(19)17-15(4,5)13(18)8-16/h6-7H,8H2,1-5H3,(H,17,19). The summed E-state index contributed by atoms with van der Waals surface area (Å²) in [5.74, 6) is -0.572. The number of hydrogen-bond acceptors (Lipinski definition) is 2. The predicted octanol–water partition coefficient (Wildman–Crippen LogP) is 2.93. The van der Waals surface area contributed by atoms with E-state index in [0.717, 1.165) is 11.1 Å². The fourth-order valence-corrected chi connectivity index (χ4v) is 2.09. The van der Waals surface area contributed by atoms with Gasteiger partial charge in [-0.3, -0.25) is 9.59 Å². The molecule has 104 valence electrons. The molecule has 0 heterocycles. The van der Waals surface area contributed by atoms with Gasteiger partial charge in [-0.2, -0.15) is 0 Å². The first-order valence-electron chi connectivity index (χ1n) is 6.18. The molecule has 0 aromatic heterocycles. The van der Waals surface area contributed by atoms with Gasteiger partial charge in [0.05, 0.1) is 11.4 Å². The molecule has 0 unspecified atom stereocenters. The second-order valence-corrected chi connectivity index (χ2v) is 5.64. The zero-order valence-electron chi connectivity index (χ0n) is 12.1. The Morgan fingerprint density at radius 1 is 1.16 bits per heavy atom. The van der Waals surface area contributed by atoms with Crippen molar-refractivity contribution in [2.45, 2.75) is 40.2 Å². The number of rotatable bonds is 4. The van der Waals surface area contributed by atoms with Gasteiger partial charge in [0.2, 0.25) is 0 Å². The van der Waals surface area contributed by atoms with Crippen LogP contribution in [0.15, 0.2) is 12.1 Å². The molecule has 0 spiro atoms. The minimum atomic E-state index is -0.953. The Bertz CT molecular complexity index is 498. The number of halogens is 1. The number of amides is 1. The van der Waals surface area contributed by atoms with Crippen LogP contribution in [0, 0.1) is 20.8 Å². The molecule has 1 rings (SSSR count). The molecule has 0 radical (unpaired) electrons. The van der Waals surface area contributed by atoms with Crippen molar-refractivity contribution in [3.05, 3.63) is 34.4 Å². The van der Waals surface area contributed by atoms with Crippen LogP contribution in [-0.4, -0.2) is 23.1 Å². The zero-order valence-corrected chi connectivity index (χ0v) is 12.8. The van der Waals surface area contributed by atoms with E-state index in [9.17, 15) is 9.59 Å². The summed E-state index contributed by atoms with van der Waals surface area (Å²) >= 11 is 5.54. The van der Waals surface area contributed by atoms with Crippen LogP contribution >= 0.6 is 11.6 Å². The smallest absolute Gasteiger partial charge is 0.252 e. The summed E-state index contributed by atoms with van der Waals surface area (Å²) in [5, 5.41) is 2.72. The van der Waals surface area contributed by atoms with Crippen LogP contribution in [0.5, 0.6) is 0 Å². The van der Waals surface area contributed by atoms with E-state index in [4.69, 9.17) is 11.6 Å². The van der Waals surface area contributed by atoms with Crippen molar-refractivity contribution in [3.8, 4) is 0 Å². The topological polar surface area (TPSA) is 46.2 Å². The zero-order chi connectivity index (χ0) is 14.8. The molecule has 1 aromatic rings. The van der Waals surface area contributed by atoms with Gasteiger partial charge in [0.15, 0.2) is 5.78 Å². The first kappa shape index (κ1) is 15.7. The van der Waals surface area contributed by atoms with Crippen LogP contribution < -0.4 is 5.32 Å². The average Bonchev–Trinajstić information content (AvgIpc) is 2.33. The Morgan fingerprint density at radius 3 is 2.05 bits per heavy atom. The second-order valence-electron chi connectivity index (χ2n) is 5.37. The Balaban J connectivity index is 3.00. The van der Waals surface area contributed by atoms with Crippen LogP contribution in [-0.2, 0) is 4.79 Å². The summed E-state index contributed by atoms with van der Waals surface area (Å²) in [4.78, 5) is 23.8. The lowest BCUT2D eigenvalue weighted by Gasteiger charge is -2.24. The molecule has 1 N–H and O–H groups in total. The van der Waals surface area contributed by atoms with Crippen LogP contribution in [0.25, 0.3) is 0 Å². The van der Waals surface area contributed by atoms with Crippen molar-refractivity contribution in [1.29, 1.82) is 0 Å². The lowest BCUT2D eigenvalue weighted by Crippen LogP contribution is -2.50. The third-order valence-electron chi connectivity index (χ3n) is 3.43. The van der Waals surface area contributed by atoms with E-state index in [1.54, 1.807) is 13.8 Å². The molecule has 0 aliphatic carbocycles. The van der Waals surface area contributed by atoms with Gasteiger partial charge in [0, 0.05) is 5.56 Å². The second kappa shape index (κ2) is 5.74. The molecule has 19 heavy (non-hydrogen) atoms. The van der Waals surface area contributed by atoms with Gasteiger partial charge < -0.3 is 5.32 Å². The minimum absolute atomic E-state index is 0.112. The molecule has 0 saturated heterocycles. The third kappa shape index (κ3) is 3.57. The van der Waals surface area contributed by atoms with Gasteiger partial charge in [0.1, 0.15) is 0 Å². The highest BCUT2D eigenvalue weighted by Crippen LogP contribution is 2.16. The molecular weight excluding hydrogens is 262 g/mol. The molecule has 1 aromatic carbocycles. The summed E-state index contributed by atoms with van der Waals surface area (Å²) in [5.41, 5.74) is 2.91. The van der Waals surface area contributed by atoms with Crippen molar-refractivity contribution >= 4 is 23.3 Å². The van der Waals surface area contributed by atoms with Gasteiger partial charge in [-0.25, -0.2) is 0 Å². The van der Waals surface area contributed by atoms with E-state index in [1.807, 2.05) is 32.9 Å². The first-order valence-corrected chi connectivity index (χ1v) is 6.72. The SMILES string of the molecule is Cc1cc(C(=O)NC(C)(C)C(=O)CCl)cc(C)c1C. The molecule has 3 nitrogen and oxygen atoms in total. The van der Waals surface area contributed by atoms with Gasteiger partial charge >= 0.3 is 0 Å². The summed E-state index contributed by atoms with van der Waals surface area (Å²) in [6, 6.07) is 3.66.